The van der Waals surface area contributed by atoms with Crippen LogP contribution in [0.5, 0.6) is 0 Å². The topological polar surface area (TPSA) is 24.7 Å². The maximum atomic E-state index is 4.08. The second-order valence-electron chi connectivity index (χ2n) is 2.05. The molecule has 1 heterocycles. The predicted molar refractivity (Wildman–Crippen MR) is 39.9 cm³/mol. The first-order valence-electron chi connectivity index (χ1n) is 2.83. The normalized spacial score (nSPS) is 20.6. The van der Waals surface area contributed by atoms with Gasteiger partial charge in [0.25, 0.3) is 0 Å². The van der Waals surface area contributed by atoms with Crippen LogP contribution in [0.1, 0.15) is 6.92 Å². The van der Waals surface area contributed by atoms with Gasteiger partial charge in [0, 0.05) is 18.9 Å². The average Bonchev–Trinajstić information content (AvgIpc) is 2.16. The van der Waals surface area contributed by atoms with E-state index in [-0.39, 0.29) is 5.66 Å². The molecule has 0 atom stereocenters. The summed E-state index contributed by atoms with van der Waals surface area (Å²) < 4.78 is 0. The lowest BCUT2D eigenvalue weighted by Crippen LogP contribution is -2.14. The van der Waals surface area contributed by atoms with Crippen molar-refractivity contribution in [2.24, 2.45) is 9.98 Å². The highest BCUT2D eigenvalue weighted by molar-refractivity contribution is 6.17. The minimum atomic E-state index is -0.359. The zero-order chi connectivity index (χ0) is 6.74. The van der Waals surface area contributed by atoms with E-state index < -0.39 is 0 Å². The van der Waals surface area contributed by atoms with Gasteiger partial charge in [-0.2, -0.15) is 0 Å². The van der Waals surface area contributed by atoms with E-state index in [1.165, 1.54) is 0 Å². The van der Waals surface area contributed by atoms with Crippen molar-refractivity contribution in [1.82, 2.24) is 0 Å². The van der Waals surface area contributed by atoms with E-state index in [4.69, 9.17) is 0 Å². The van der Waals surface area contributed by atoms with Crippen molar-refractivity contribution in [3.8, 4) is 0 Å². The Balaban J connectivity index is 2.63. The molecule has 0 N–H and O–H groups in total. The Kier molecular flexibility index (Phi) is 1.47. The van der Waals surface area contributed by atoms with E-state index in [1.807, 2.05) is 13.3 Å². The molecule has 9 heavy (non-hydrogen) atoms. The van der Waals surface area contributed by atoms with Crippen LogP contribution in [0.2, 0.25) is 0 Å². The van der Waals surface area contributed by atoms with Crippen molar-refractivity contribution in [2.45, 2.75) is 12.6 Å². The number of aliphatic imine (C=N–C) groups is 2. The van der Waals surface area contributed by atoms with Gasteiger partial charge in [0.1, 0.15) is 0 Å². The lowest BCUT2D eigenvalue weighted by molar-refractivity contribution is 0.608. The van der Waals surface area contributed by atoms with Crippen LogP contribution in [0.4, 0.5) is 0 Å². The first-order chi connectivity index (χ1) is 4.27. The monoisotopic (exact) mass is 121 g/mol. The summed E-state index contributed by atoms with van der Waals surface area (Å²) in [7, 11) is 0. The van der Waals surface area contributed by atoms with Gasteiger partial charge >= 0.3 is 0 Å². The van der Waals surface area contributed by atoms with Gasteiger partial charge in [0.2, 0.25) is 0 Å². The Morgan fingerprint density at radius 2 is 2.00 bits per heavy atom. The van der Waals surface area contributed by atoms with E-state index in [1.54, 1.807) is 18.5 Å². The molecule has 0 fully saturated rings. The van der Waals surface area contributed by atoms with Gasteiger partial charge in [-0.05, 0) is 6.92 Å². The molecule has 1 rings (SSSR count). The Bertz CT molecular complexity index is 156. The lowest BCUT2D eigenvalue weighted by Gasteiger charge is -2.12. The number of hydrogen-bond acceptors (Lipinski definition) is 2. The molecule has 0 saturated heterocycles. The Hall–Kier alpha value is -0.920. The molecule has 0 aromatic carbocycles. The molecule has 0 unspecified atom stereocenters. The summed E-state index contributed by atoms with van der Waals surface area (Å²) in [6, 6.07) is 0. The third kappa shape index (κ3) is 1.25. The largest absolute Gasteiger partial charge is 0.261 e. The third-order valence-electron chi connectivity index (χ3n) is 1.17. The minimum absolute atomic E-state index is 0.359. The smallest absolute Gasteiger partial charge is 0.154 e. The molecular formula is C7H9N2. The van der Waals surface area contributed by atoms with E-state index in [0.29, 0.717) is 0 Å². The maximum Gasteiger partial charge on any atom is 0.154 e. The lowest BCUT2D eigenvalue weighted by atomic mass is 10.1. The molecule has 1 radical (unpaired) electrons. The summed E-state index contributed by atoms with van der Waals surface area (Å²) in [4.78, 5) is 8.17. The molecule has 1 aliphatic rings. The second-order valence-corrected chi connectivity index (χ2v) is 2.05. The molecule has 2 nitrogen and oxygen atoms in total. The van der Waals surface area contributed by atoms with Crippen LogP contribution < -0.4 is 0 Å². The van der Waals surface area contributed by atoms with Crippen LogP contribution in [-0.2, 0) is 0 Å². The van der Waals surface area contributed by atoms with Crippen LogP contribution in [0, 0.1) is 6.42 Å². The quantitative estimate of drug-likeness (QED) is 0.525. The highest BCUT2D eigenvalue weighted by Gasteiger charge is 2.20. The molecule has 0 aliphatic carbocycles. The zero-order valence-corrected chi connectivity index (χ0v) is 5.41. The average molecular weight is 121 g/mol. The fraction of sp³-hybridized carbons (Fsp3) is 0.286. The second kappa shape index (κ2) is 2.13. The third-order valence-corrected chi connectivity index (χ3v) is 1.17. The molecular weight excluding hydrogens is 112 g/mol. The van der Waals surface area contributed by atoms with E-state index in [0.717, 1.165) is 0 Å². The SMILES string of the molecule is C=C[CH]C1(C)N=CC=N1. The van der Waals surface area contributed by atoms with E-state index in [2.05, 4.69) is 16.6 Å². The van der Waals surface area contributed by atoms with Crippen molar-refractivity contribution in [2.75, 3.05) is 0 Å². The molecule has 0 aromatic heterocycles. The fourth-order valence-electron chi connectivity index (χ4n) is 0.711. The van der Waals surface area contributed by atoms with Gasteiger partial charge in [-0.3, -0.25) is 9.98 Å². The van der Waals surface area contributed by atoms with Crippen LogP contribution in [0.15, 0.2) is 22.6 Å². The number of nitrogens with zero attached hydrogens (tertiary/aromatic N) is 2. The highest BCUT2D eigenvalue weighted by atomic mass is 15.1. The zero-order valence-electron chi connectivity index (χ0n) is 5.41. The van der Waals surface area contributed by atoms with E-state index in [9.17, 15) is 0 Å². The Morgan fingerprint density at radius 3 is 2.44 bits per heavy atom. The van der Waals surface area contributed by atoms with Gasteiger partial charge in [-0.15, -0.1) is 6.58 Å². The Morgan fingerprint density at radius 1 is 1.44 bits per heavy atom. The molecule has 0 spiro atoms. The summed E-state index contributed by atoms with van der Waals surface area (Å²) in [5.41, 5.74) is -0.359. The molecule has 2 heteroatoms. The summed E-state index contributed by atoms with van der Waals surface area (Å²) in [6.45, 7) is 5.49. The van der Waals surface area contributed by atoms with Gasteiger partial charge in [0.05, 0.1) is 0 Å². The molecule has 0 amide bonds. The van der Waals surface area contributed by atoms with Crippen molar-refractivity contribution in [1.29, 1.82) is 0 Å². The molecule has 0 aromatic rings. The summed E-state index contributed by atoms with van der Waals surface area (Å²) in [5, 5.41) is 0. The van der Waals surface area contributed by atoms with Crippen molar-refractivity contribution in [3.63, 3.8) is 0 Å². The van der Waals surface area contributed by atoms with Crippen LogP contribution >= 0.6 is 0 Å². The first-order valence-corrected chi connectivity index (χ1v) is 2.83. The fourth-order valence-corrected chi connectivity index (χ4v) is 0.711. The standard InChI is InChI=1S/C7H9N2/c1-3-4-7(2)8-5-6-9-7/h3-6H,1H2,2H3. The summed E-state index contributed by atoms with van der Waals surface area (Å²) >= 11 is 0. The predicted octanol–water partition coefficient (Wildman–Crippen LogP) is 1.25. The Labute approximate surface area is 55.0 Å². The minimum Gasteiger partial charge on any atom is -0.261 e. The summed E-state index contributed by atoms with van der Waals surface area (Å²) in [6.07, 6.45) is 6.95. The van der Waals surface area contributed by atoms with Crippen molar-refractivity contribution in [3.05, 3.63) is 19.1 Å². The molecule has 1 aliphatic heterocycles. The number of hydrogen-bond donors (Lipinski definition) is 0. The van der Waals surface area contributed by atoms with Crippen LogP contribution in [-0.4, -0.2) is 18.1 Å². The van der Waals surface area contributed by atoms with Gasteiger partial charge in [-0.1, -0.05) is 6.08 Å². The summed E-state index contributed by atoms with van der Waals surface area (Å²) in [5.74, 6) is 0. The number of rotatable bonds is 2. The van der Waals surface area contributed by atoms with Gasteiger partial charge in [0.15, 0.2) is 5.66 Å². The van der Waals surface area contributed by atoms with Gasteiger partial charge in [-0.25, -0.2) is 0 Å². The van der Waals surface area contributed by atoms with Crippen molar-refractivity contribution < 1.29 is 0 Å². The van der Waals surface area contributed by atoms with Crippen molar-refractivity contribution >= 4 is 12.4 Å². The first kappa shape index (κ1) is 6.20. The molecule has 47 valence electrons. The highest BCUT2D eigenvalue weighted by Crippen LogP contribution is 2.17. The van der Waals surface area contributed by atoms with Crippen LogP contribution in [0.25, 0.3) is 0 Å². The molecule has 0 bridgehead atoms. The maximum absolute atomic E-state index is 4.08. The molecule has 0 saturated carbocycles. The van der Waals surface area contributed by atoms with E-state index >= 15 is 0 Å². The van der Waals surface area contributed by atoms with Gasteiger partial charge < -0.3 is 0 Å². The van der Waals surface area contributed by atoms with Crippen LogP contribution in [0.3, 0.4) is 0 Å².